The first-order chi connectivity index (χ1) is 6.99. The van der Waals surface area contributed by atoms with E-state index in [9.17, 15) is 9.18 Å². The lowest BCUT2D eigenvalue weighted by Crippen LogP contribution is -2.24. The third kappa shape index (κ3) is 3.83. The van der Waals surface area contributed by atoms with E-state index in [0.717, 1.165) is 5.56 Å². The predicted molar refractivity (Wildman–Crippen MR) is 61.5 cm³/mol. The third-order valence-electron chi connectivity index (χ3n) is 1.75. The van der Waals surface area contributed by atoms with Crippen molar-refractivity contribution >= 4 is 21.8 Å². The van der Waals surface area contributed by atoms with Crippen LogP contribution >= 0.6 is 15.9 Å². The van der Waals surface area contributed by atoms with Gasteiger partial charge in [-0.05, 0) is 30.7 Å². The van der Waals surface area contributed by atoms with Crippen molar-refractivity contribution < 1.29 is 9.18 Å². The van der Waals surface area contributed by atoms with Crippen LogP contribution in [0, 0.1) is 12.7 Å². The molecule has 1 amide bonds. The number of halogens is 2. The summed E-state index contributed by atoms with van der Waals surface area (Å²) in [5, 5.41) is 2.60. The lowest BCUT2D eigenvalue weighted by Gasteiger charge is -2.05. The number of hydrogen-bond acceptors (Lipinski definition) is 1. The summed E-state index contributed by atoms with van der Waals surface area (Å²) in [6, 6.07) is 4.22. The third-order valence-corrected chi connectivity index (χ3v) is 2.03. The monoisotopic (exact) mass is 271 g/mol. The Bertz CT molecular complexity index is 383. The first-order valence-corrected chi connectivity index (χ1v) is 5.17. The van der Waals surface area contributed by atoms with Gasteiger partial charge in [-0.3, -0.25) is 4.79 Å². The maximum atomic E-state index is 13.0. The molecule has 0 saturated carbocycles. The highest BCUT2D eigenvalue weighted by molar-refractivity contribution is 9.11. The molecule has 0 aromatic heterocycles. The number of aryl methyl sites for hydroxylation is 1. The van der Waals surface area contributed by atoms with Gasteiger partial charge >= 0.3 is 0 Å². The number of rotatable bonds is 3. The fraction of sp³-hybridized carbons (Fsp3) is 0.182. The summed E-state index contributed by atoms with van der Waals surface area (Å²) in [6.07, 6.45) is 0. The number of amides is 1. The fourth-order valence-electron chi connectivity index (χ4n) is 1.15. The van der Waals surface area contributed by atoms with Crippen molar-refractivity contribution in [2.75, 3.05) is 6.54 Å². The molecule has 0 spiro atoms. The lowest BCUT2D eigenvalue weighted by atomic mass is 10.1. The van der Waals surface area contributed by atoms with Crippen LogP contribution in [0.1, 0.15) is 15.9 Å². The highest BCUT2D eigenvalue weighted by Crippen LogP contribution is 2.08. The molecule has 0 unspecified atom stereocenters. The minimum atomic E-state index is -0.405. The molecule has 0 aliphatic heterocycles. The molecule has 0 bridgehead atoms. The maximum absolute atomic E-state index is 13.0. The van der Waals surface area contributed by atoms with Crippen molar-refractivity contribution in [3.05, 3.63) is 46.2 Å². The first kappa shape index (κ1) is 11.9. The summed E-state index contributed by atoms with van der Waals surface area (Å²) in [7, 11) is 0. The van der Waals surface area contributed by atoms with Gasteiger partial charge < -0.3 is 5.32 Å². The van der Waals surface area contributed by atoms with Crippen LogP contribution in [0.5, 0.6) is 0 Å². The molecular formula is C11H11BrFNO. The second-order valence-electron chi connectivity index (χ2n) is 3.22. The van der Waals surface area contributed by atoms with Crippen LogP contribution in [0.3, 0.4) is 0 Å². The quantitative estimate of drug-likeness (QED) is 0.900. The highest BCUT2D eigenvalue weighted by Gasteiger charge is 2.07. The first-order valence-electron chi connectivity index (χ1n) is 4.37. The number of nitrogens with one attached hydrogen (secondary N) is 1. The molecule has 0 aliphatic rings. The fourth-order valence-corrected chi connectivity index (χ4v) is 1.29. The molecule has 1 N–H and O–H groups in total. The van der Waals surface area contributed by atoms with Gasteiger partial charge in [0.15, 0.2) is 0 Å². The maximum Gasteiger partial charge on any atom is 0.251 e. The normalized spacial score (nSPS) is 9.80. The smallest absolute Gasteiger partial charge is 0.251 e. The average molecular weight is 272 g/mol. The largest absolute Gasteiger partial charge is 0.347 e. The molecule has 1 aromatic rings. The predicted octanol–water partition coefficient (Wildman–Crippen LogP) is 2.77. The number of carbonyl (C=O) groups excluding carboxylic acids is 1. The van der Waals surface area contributed by atoms with E-state index in [1.165, 1.54) is 12.1 Å². The zero-order valence-electron chi connectivity index (χ0n) is 8.31. The van der Waals surface area contributed by atoms with Gasteiger partial charge in [-0.15, -0.1) is 0 Å². The van der Waals surface area contributed by atoms with E-state index in [1.807, 2.05) is 0 Å². The summed E-state index contributed by atoms with van der Waals surface area (Å²) in [6.45, 7) is 5.65. The van der Waals surface area contributed by atoms with Crippen molar-refractivity contribution in [3.8, 4) is 0 Å². The molecule has 15 heavy (non-hydrogen) atoms. The topological polar surface area (TPSA) is 29.1 Å². The number of carbonyl (C=O) groups is 1. The van der Waals surface area contributed by atoms with Crippen LogP contribution in [0.2, 0.25) is 0 Å². The van der Waals surface area contributed by atoms with Crippen molar-refractivity contribution in [3.63, 3.8) is 0 Å². The summed E-state index contributed by atoms with van der Waals surface area (Å²) in [5.74, 6) is -0.712. The van der Waals surface area contributed by atoms with Crippen molar-refractivity contribution in [1.29, 1.82) is 0 Å². The molecule has 2 nitrogen and oxygen atoms in total. The van der Waals surface area contributed by atoms with E-state index in [0.29, 0.717) is 16.6 Å². The van der Waals surface area contributed by atoms with Crippen LogP contribution in [-0.2, 0) is 0 Å². The van der Waals surface area contributed by atoms with Crippen LogP contribution < -0.4 is 5.32 Å². The Morgan fingerprint density at radius 3 is 2.73 bits per heavy atom. The van der Waals surface area contributed by atoms with Crippen molar-refractivity contribution in [2.24, 2.45) is 0 Å². The molecule has 4 heteroatoms. The zero-order chi connectivity index (χ0) is 11.4. The van der Waals surface area contributed by atoms with E-state index in [1.54, 1.807) is 13.0 Å². The minimum absolute atomic E-state index is 0.307. The van der Waals surface area contributed by atoms with E-state index in [-0.39, 0.29) is 5.91 Å². The Labute approximate surface area is 96.3 Å². The summed E-state index contributed by atoms with van der Waals surface area (Å²) in [4.78, 5) is 11.5. The standard InChI is InChI=1S/C11H11BrFNO/c1-7-3-9(5-10(13)4-7)11(15)14-6-8(2)12/h3-5H,2,6H2,1H3,(H,14,15). The summed E-state index contributed by atoms with van der Waals surface area (Å²) in [5.41, 5.74) is 1.04. The molecule has 1 rings (SSSR count). The van der Waals surface area contributed by atoms with E-state index < -0.39 is 5.82 Å². The van der Waals surface area contributed by atoms with Crippen LogP contribution in [0.4, 0.5) is 4.39 Å². The van der Waals surface area contributed by atoms with Crippen LogP contribution in [0.25, 0.3) is 0 Å². The van der Waals surface area contributed by atoms with Crippen molar-refractivity contribution in [1.82, 2.24) is 5.32 Å². The van der Waals surface area contributed by atoms with Gasteiger partial charge in [-0.2, -0.15) is 0 Å². The Kier molecular flexibility index (Phi) is 4.03. The van der Waals surface area contributed by atoms with Gasteiger partial charge in [0.05, 0.1) is 0 Å². The molecule has 0 aliphatic carbocycles. The van der Waals surface area contributed by atoms with E-state index >= 15 is 0 Å². The molecule has 0 heterocycles. The van der Waals surface area contributed by atoms with Gasteiger partial charge in [0.2, 0.25) is 0 Å². The molecule has 1 aromatic carbocycles. The molecule has 0 radical (unpaired) electrons. The average Bonchev–Trinajstić information content (AvgIpc) is 2.12. The molecule has 0 fully saturated rings. The van der Waals surface area contributed by atoms with Gasteiger partial charge in [-0.25, -0.2) is 4.39 Å². The van der Waals surface area contributed by atoms with Crippen LogP contribution in [-0.4, -0.2) is 12.5 Å². The lowest BCUT2D eigenvalue weighted by molar-refractivity contribution is 0.0957. The molecule has 0 atom stereocenters. The van der Waals surface area contributed by atoms with E-state index in [2.05, 4.69) is 27.8 Å². The number of hydrogen-bond donors (Lipinski definition) is 1. The van der Waals surface area contributed by atoms with Crippen LogP contribution in [0.15, 0.2) is 29.3 Å². The van der Waals surface area contributed by atoms with Gasteiger partial charge in [0.1, 0.15) is 5.82 Å². The number of benzene rings is 1. The Hall–Kier alpha value is -1.16. The highest BCUT2D eigenvalue weighted by atomic mass is 79.9. The van der Waals surface area contributed by atoms with Gasteiger partial charge in [0, 0.05) is 16.6 Å². The van der Waals surface area contributed by atoms with Gasteiger partial charge in [0.25, 0.3) is 5.91 Å². The minimum Gasteiger partial charge on any atom is -0.347 e. The Balaban J connectivity index is 2.77. The van der Waals surface area contributed by atoms with E-state index in [4.69, 9.17) is 0 Å². The molecule has 80 valence electrons. The second-order valence-corrected chi connectivity index (χ2v) is 4.34. The second kappa shape index (κ2) is 5.07. The Morgan fingerprint density at radius 1 is 1.53 bits per heavy atom. The Morgan fingerprint density at radius 2 is 2.20 bits per heavy atom. The zero-order valence-corrected chi connectivity index (χ0v) is 9.90. The van der Waals surface area contributed by atoms with Crippen molar-refractivity contribution in [2.45, 2.75) is 6.92 Å². The molecule has 0 saturated heterocycles. The summed E-state index contributed by atoms with van der Waals surface area (Å²) < 4.78 is 13.7. The van der Waals surface area contributed by atoms with Gasteiger partial charge in [-0.1, -0.05) is 22.5 Å². The summed E-state index contributed by atoms with van der Waals surface area (Å²) >= 11 is 3.12. The molecular weight excluding hydrogens is 261 g/mol. The SMILES string of the molecule is C=C(Br)CNC(=O)c1cc(C)cc(F)c1.